The minimum absolute atomic E-state index is 0.173. The predicted octanol–water partition coefficient (Wildman–Crippen LogP) is 4.51. The molecule has 38 heavy (non-hydrogen) atoms. The van der Waals surface area contributed by atoms with Gasteiger partial charge in [0.25, 0.3) is 0 Å². The zero-order valence-corrected chi connectivity index (χ0v) is 22.8. The van der Waals surface area contributed by atoms with Crippen molar-refractivity contribution in [3.05, 3.63) is 0 Å². The van der Waals surface area contributed by atoms with Crippen LogP contribution in [0.1, 0.15) is 84.5 Å². The molecule has 8 fully saturated rings. The second kappa shape index (κ2) is 8.59. The Balaban J connectivity index is 1.13. The van der Waals surface area contributed by atoms with Crippen LogP contribution in [0.2, 0.25) is 0 Å². The van der Waals surface area contributed by atoms with Crippen LogP contribution in [0.15, 0.2) is 0 Å². The topological polar surface area (TPSA) is 116 Å². The van der Waals surface area contributed by atoms with Crippen molar-refractivity contribution in [3.63, 3.8) is 0 Å². The van der Waals surface area contributed by atoms with Gasteiger partial charge in [0, 0.05) is 11.8 Å². The molecule has 0 spiro atoms. The van der Waals surface area contributed by atoms with Gasteiger partial charge >= 0.3 is 27.3 Å². The third-order valence-corrected chi connectivity index (χ3v) is 12.3. The molecule has 8 nitrogen and oxygen atoms in total. The number of hydrogen-bond acceptors (Lipinski definition) is 7. The first-order chi connectivity index (χ1) is 17.7. The first kappa shape index (κ1) is 26.9. The molecule has 0 saturated heterocycles. The lowest BCUT2D eigenvalue weighted by Crippen LogP contribution is -2.66. The Bertz CT molecular complexity index is 1080. The van der Waals surface area contributed by atoms with E-state index in [1.54, 1.807) is 6.92 Å². The lowest BCUT2D eigenvalue weighted by Gasteiger charge is -2.64. The third-order valence-electron chi connectivity index (χ3n) is 11.5. The lowest BCUT2D eigenvalue weighted by atomic mass is 9.47. The number of alkyl halides is 2. The van der Waals surface area contributed by atoms with Gasteiger partial charge < -0.3 is 14.2 Å². The molecule has 8 bridgehead atoms. The molecular weight excluding hydrogens is 522 g/mol. The maximum absolute atomic E-state index is 14.1. The molecule has 8 aliphatic rings. The van der Waals surface area contributed by atoms with E-state index < -0.39 is 38.1 Å². The van der Waals surface area contributed by atoms with Gasteiger partial charge in [-0.05, 0) is 107 Å². The molecule has 11 heteroatoms. The maximum atomic E-state index is 14.1. The molecule has 8 saturated carbocycles. The summed E-state index contributed by atoms with van der Waals surface area (Å²) in [5, 5.41) is -5.03. The number of rotatable bonds is 8. The van der Waals surface area contributed by atoms with E-state index in [0.717, 1.165) is 43.9 Å². The number of carbonyl (C=O) groups is 2. The second-order valence-electron chi connectivity index (χ2n) is 13.5. The summed E-state index contributed by atoms with van der Waals surface area (Å²) in [4.78, 5) is 25.4. The molecule has 0 aromatic carbocycles. The molecule has 0 aliphatic heterocycles. The van der Waals surface area contributed by atoms with Crippen molar-refractivity contribution in [2.45, 2.75) is 107 Å². The van der Waals surface area contributed by atoms with Crippen LogP contribution in [0.25, 0.3) is 0 Å². The van der Waals surface area contributed by atoms with E-state index in [-0.39, 0.29) is 36.8 Å². The first-order valence-corrected chi connectivity index (χ1v) is 15.6. The van der Waals surface area contributed by atoms with Gasteiger partial charge in [0.2, 0.25) is 0 Å². The fourth-order valence-electron chi connectivity index (χ4n) is 10.1. The molecule has 214 valence electrons. The minimum atomic E-state index is -5.95. The van der Waals surface area contributed by atoms with Gasteiger partial charge in [-0.15, -0.1) is 0 Å². The van der Waals surface area contributed by atoms with Crippen LogP contribution >= 0.6 is 0 Å². The molecule has 0 radical (unpaired) electrons. The van der Waals surface area contributed by atoms with E-state index in [4.69, 9.17) is 18.8 Å². The van der Waals surface area contributed by atoms with Crippen LogP contribution in [0, 0.1) is 41.4 Å². The minimum Gasteiger partial charge on any atom is -0.457 e. The highest BCUT2D eigenvalue weighted by atomic mass is 32.2. The summed E-state index contributed by atoms with van der Waals surface area (Å²) in [5.41, 5.74) is -2.33. The van der Waals surface area contributed by atoms with Gasteiger partial charge in [0.15, 0.2) is 0 Å². The number of hydrogen-bond donors (Lipinski definition) is 1. The summed E-state index contributed by atoms with van der Waals surface area (Å²) >= 11 is 0. The summed E-state index contributed by atoms with van der Waals surface area (Å²) < 4.78 is 77.1. The van der Waals surface area contributed by atoms with Gasteiger partial charge in [-0.2, -0.15) is 17.2 Å². The monoisotopic (exact) mass is 560 g/mol. The van der Waals surface area contributed by atoms with Crippen molar-refractivity contribution >= 4 is 22.1 Å². The molecule has 2 atom stereocenters. The van der Waals surface area contributed by atoms with Gasteiger partial charge in [0.1, 0.15) is 17.8 Å². The Morgan fingerprint density at radius 3 is 1.89 bits per heavy atom. The van der Waals surface area contributed by atoms with E-state index in [2.05, 4.69) is 6.92 Å². The van der Waals surface area contributed by atoms with Gasteiger partial charge in [0.05, 0.1) is 5.60 Å². The van der Waals surface area contributed by atoms with E-state index in [1.165, 1.54) is 6.42 Å². The van der Waals surface area contributed by atoms with Gasteiger partial charge in [-0.3, -0.25) is 4.55 Å². The summed E-state index contributed by atoms with van der Waals surface area (Å²) in [7, 11) is -5.95. The molecule has 8 aliphatic carbocycles. The quantitative estimate of drug-likeness (QED) is 0.341. The standard InChI is InChI=1S/C27H38F2O8S/c1-3-26(37-23(31)27(28,29)38(32,33)34)20-9-17-10-21(26)13-25(11-17,12-20)35-14-22(30)36-24(2)18-5-15-4-16(7-18)8-19(24)6-15/h15-21H,3-14H2,1-2H3,(H,32,33,34). The van der Waals surface area contributed by atoms with Crippen molar-refractivity contribution in [2.75, 3.05) is 6.61 Å². The van der Waals surface area contributed by atoms with Crippen LogP contribution in [0.3, 0.4) is 0 Å². The van der Waals surface area contributed by atoms with Crippen molar-refractivity contribution < 1.29 is 45.6 Å². The van der Waals surface area contributed by atoms with Crippen LogP contribution in [0.5, 0.6) is 0 Å². The van der Waals surface area contributed by atoms with Crippen molar-refractivity contribution in [3.8, 4) is 0 Å². The van der Waals surface area contributed by atoms with Crippen LogP contribution in [-0.4, -0.2) is 53.6 Å². The zero-order valence-electron chi connectivity index (χ0n) is 22.0. The van der Waals surface area contributed by atoms with Crippen LogP contribution < -0.4 is 0 Å². The Kier molecular flexibility index (Phi) is 6.07. The average Bonchev–Trinajstić information content (AvgIpc) is 2.82. The molecule has 2 unspecified atom stereocenters. The first-order valence-electron chi connectivity index (χ1n) is 14.1. The number of ether oxygens (including phenoxy) is 3. The Labute approximate surface area is 222 Å². The SMILES string of the molecule is CCC1(OC(=O)C(F)(F)S(=O)(=O)O)C2CC3CC1CC(OCC(=O)OC1(C)C4CC5CC(C4)CC1C5)(C3)C2. The highest BCUT2D eigenvalue weighted by Gasteiger charge is 2.66. The smallest absolute Gasteiger partial charge is 0.457 e. The summed E-state index contributed by atoms with van der Waals surface area (Å²) in [6, 6.07) is 0. The van der Waals surface area contributed by atoms with E-state index in [1.807, 2.05) is 0 Å². The fraction of sp³-hybridized carbons (Fsp3) is 0.926. The largest absolute Gasteiger partial charge is 0.465 e. The molecule has 0 aromatic heterocycles. The second-order valence-corrected chi connectivity index (χ2v) is 14.9. The molecule has 8 rings (SSSR count). The zero-order chi connectivity index (χ0) is 27.3. The van der Waals surface area contributed by atoms with Crippen LogP contribution in [0.4, 0.5) is 8.78 Å². The lowest BCUT2D eigenvalue weighted by molar-refractivity contribution is -0.261. The van der Waals surface area contributed by atoms with Crippen LogP contribution in [-0.2, 0) is 33.9 Å². The number of carbonyl (C=O) groups excluding carboxylic acids is 2. The molecule has 0 amide bonds. The maximum Gasteiger partial charge on any atom is 0.465 e. The normalized spacial score (nSPS) is 46.8. The van der Waals surface area contributed by atoms with Crippen molar-refractivity contribution in [2.24, 2.45) is 41.4 Å². The summed E-state index contributed by atoms with van der Waals surface area (Å²) in [6.45, 7) is 3.65. The highest BCUT2D eigenvalue weighted by molar-refractivity contribution is 7.87. The van der Waals surface area contributed by atoms with Crippen molar-refractivity contribution in [1.29, 1.82) is 0 Å². The highest BCUT2D eigenvalue weighted by Crippen LogP contribution is 2.64. The third kappa shape index (κ3) is 3.96. The van der Waals surface area contributed by atoms with Gasteiger partial charge in [-0.25, -0.2) is 9.59 Å². The Morgan fingerprint density at radius 2 is 1.39 bits per heavy atom. The van der Waals surface area contributed by atoms with Crippen molar-refractivity contribution in [1.82, 2.24) is 0 Å². The van der Waals surface area contributed by atoms with Gasteiger partial charge in [-0.1, -0.05) is 6.92 Å². The Morgan fingerprint density at radius 1 is 0.868 bits per heavy atom. The summed E-state index contributed by atoms with van der Waals surface area (Å²) in [6.07, 6.45) is 8.95. The number of esters is 2. The number of halogens is 2. The average molecular weight is 561 g/mol. The predicted molar refractivity (Wildman–Crippen MR) is 129 cm³/mol. The molecular formula is C27H38F2O8S. The Hall–Kier alpha value is -1.33. The fourth-order valence-corrected chi connectivity index (χ4v) is 10.3. The molecule has 1 N–H and O–H groups in total. The summed E-state index contributed by atoms with van der Waals surface area (Å²) in [5.74, 6) is -0.642. The van der Waals surface area contributed by atoms with E-state index >= 15 is 0 Å². The van der Waals surface area contributed by atoms with E-state index in [0.29, 0.717) is 37.5 Å². The van der Waals surface area contributed by atoms with E-state index in [9.17, 15) is 26.8 Å². The molecule has 0 heterocycles. The molecule has 0 aromatic rings.